The van der Waals surface area contributed by atoms with Gasteiger partial charge in [0.2, 0.25) is 0 Å². The van der Waals surface area contributed by atoms with Gasteiger partial charge in [0, 0.05) is 11.6 Å². The van der Waals surface area contributed by atoms with E-state index in [0.29, 0.717) is 5.56 Å². The van der Waals surface area contributed by atoms with Gasteiger partial charge in [0.1, 0.15) is 18.2 Å². The molecular formula is C12H11F3N4. The summed E-state index contributed by atoms with van der Waals surface area (Å²) in [6.45, 7) is -1.17. The highest BCUT2D eigenvalue weighted by atomic mass is 19.4. The average Bonchev–Trinajstić information content (AvgIpc) is 2.36. The highest BCUT2D eigenvalue weighted by molar-refractivity contribution is 5.60. The van der Waals surface area contributed by atoms with Gasteiger partial charge in [-0.3, -0.25) is 0 Å². The number of nitrogens with one attached hydrogen (secondary N) is 1. The molecule has 0 unspecified atom stereocenters. The summed E-state index contributed by atoms with van der Waals surface area (Å²) in [5.74, 6) is 0.437. The van der Waals surface area contributed by atoms with Crippen LogP contribution in [0.15, 0.2) is 36.4 Å². The Morgan fingerprint density at radius 3 is 2.42 bits per heavy atom. The molecule has 4 nitrogen and oxygen atoms in total. The molecule has 0 atom stereocenters. The van der Waals surface area contributed by atoms with Gasteiger partial charge in [-0.25, -0.2) is 9.97 Å². The molecule has 7 heteroatoms. The first-order valence-electron chi connectivity index (χ1n) is 5.45. The van der Waals surface area contributed by atoms with E-state index in [1.54, 1.807) is 24.3 Å². The number of rotatable bonds is 3. The largest absolute Gasteiger partial charge is 0.405 e. The van der Waals surface area contributed by atoms with Crippen LogP contribution in [0.5, 0.6) is 0 Å². The van der Waals surface area contributed by atoms with Crippen molar-refractivity contribution in [2.45, 2.75) is 6.18 Å². The monoisotopic (exact) mass is 268 g/mol. The predicted molar refractivity (Wildman–Crippen MR) is 66.4 cm³/mol. The van der Waals surface area contributed by atoms with E-state index in [-0.39, 0.29) is 17.5 Å². The summed E-state index contributed by atoms with van der Waals surface area (Å²) < 4.78 is 36.4. The molecule has 2 aromatic rings. The lowest BCUT2D eigenvalue weighted by atomic mass is 10.2. The molecule has 19 heavy (non-hydrogen) atoms. The Hall–Kier alpha value is -2.31. The molecule has 0 fully saturated rings. The van der Waals surface area contributed by atoms with Crippen LogP contribution in [0, 0.1) is 0 Å². The van der Waals surface area contributed by atoms with Gasteiger partial charge in [0.05, 0.1) is 0 Å². The Balaban J connectivity index is 2.25. The van der Waals surface area contributed by atoms with E-state index in [1.165, 1.54) is 6.07 Å². The third-order valence-corrected chi connectivity index (χ3v) is 2.25. The normalized spacial score (nSPS) is 11.3. The molecule has 0 saturated carbocycles. The number of nitrogens with zero attached hydrogens (tertiary/aromatic N) is 2. The van der Waals surface area contributed by atoms with E-state index in [9.17, 15) is 13.2 Å². The van der Waals surface area contributed by atoms with Crippen LogP contribution in [0.25, 0.3) is 11.4 Å². The maximum absolute atomic E-state index is 12.1. The molecule has 0 spiro atoms. The Labute approximate surface area is 107 Å². The van der Waals surface area contributed by atoms with Crippen molar-refractivity contribution in [1.82, 2.24) is 9.97 Å². The molecule has 0 aliphatic carbocycles. The third-order valence-electron chi connectivity index (χ3n) is 2.25. The van der Waals surface area contributed by atoms with Gasteiger partial charge >= 0.3 is 6.18 Å². The van der Waals surface area contributed by atoms with Crippen LogP contribution in [0.2, 0.25) is 0 Å². The number of anilines is 2. The summed E-state index contributed by atoms with van der Waals surface area (Å²) in [7, 11) is 0. The van der Waals surface area contributed by atoms with Crippen molar-refractivity contribution in [3.8, 4) is 11.4 Å². The Morgan fingerprint density at radius 2 is 1.79 bits per heavy atom. The highest BCUT2D eigenvalue weighted by Crippen LogP contribution is 2.20. The minimum atomic E-state index is -4.31. The van der Waals surface area contributed by atoms with Crippen molar-refractivity contribution < 1.29 is 13.2 Å². The Morgan fingerprint density at radius 1 is 1.11 bits per heavy atom. The first kappa shape index (κ1) is 13.1. The van der Waals surface area contributed by atoms with E-state index in [1.807, 2.05) is 6.07 Å². The number of alkyl halides is 3. The smallest absolute Gasteiger partial charge is 0.384 e. The van der Waals surface area contributed by atoms with Crippen LogP contribution in [-0.4, -0.2) is 22.7 Å². The summed E-state index contributed by atoms with van der Waals surface area (Å²) >= 11 is 0. The molecule has 1 aromatic carbocycles. The molecule has 0 radical (unpaired) electrons. The molecule has 100 valence electrons. The zero-order chi connectivity index (χ0) is 13.9. The molecule has 0 amide bonds. The first-order chi connectivity index (χ1) is 8.94. The molecule has 0 bridgehead atoms. The molecule has 3 N–H and O–H groups in total. The van der Waals surface area contributed by atoms with Crippen molar-refractivity contribution in [3.05, 3.63) is 36.4 Å². The minimum Gasteiger partial charge on any atom is -0.384 e. The highest BCUT2D eigenvalue weighted by Gasteiger charge is 2.26. The van der Waals surface area contributed by atoms with Gasteiger partial charge in [0.25, 0.3) is 0 Å². The molecule has 2 rings (SSSR count). The first-order valence-corrected chi connectivity index (χ1v) is 5.45. The fraction of sp³-hybridized carbons (Fsp3) is 0.167. The Bertz CT molecular complexity index is 555. The van der Waals surface area contributed by atoms with Gasteiger partial charge in [-0.05, 0) is 0 Å². The number of nitrogens with two attached hydrogens (primary N) is 1. The van der Waals surface area contributed by atoms with Crippen LogP contribution in [0.1, 0.15) is 0 Å². The Kier molecular flexibility index (Phi) is 3.55. The molecule has 1 aromatic heterocycles. The molecule has 0 aliphatic heterocycles. The number of benzene rings is 1. The topological polar surface area (TPSA) is 63.8 Å². The van der Waals surface area contributed by atoms with Crippen LogP contribution in [0.3, 0.4) is 0 Å². The van der Waals surface area contributed by atoms with E-state index in [4.69, 9.17) is 5.73 Å². The van der Waals surface area contributed by atoms with Crippen LogP contribution in [0.4, 0.5) is 24.8 Å². The summed E-state index contributed by atoms with van der Waals surface area (Å²) in [5, 5.41) is 2.18. The quantitative estimate of drug-likeness (QED) is 0.898. The average molecular weight is 268 g/mol. The lowest BCUT2D eigenvalue weighted by Crippen LogP contribution is -2.22. The van der Waals surface area contributed by atoms with Gasteiger partial charge in [-0.15, -0.1) is 0 Å². The third kappa shape index (κ3) is 3.84. The lowest BCUT2D eigenvalue weighted by molar-refractivity contribution is -0.115. The summed E-state index contributed by atoms with van der Waals surface area (Å²) in [6, 6.07) is 10.1. The molecule has 0 saturated heterocycles. The van der Waals surface area contributed by atoms with E-state index in [0.717, 1.165) is 0 Å². The maximum atomic E-state index is 12.1. The zero-order valence-corrected chi connectivity index (χ0v) is 9.78. The zero-order valence-electron chi connectivity index (χ0n) is 9.78. The lowest BCUT2D eigenvalue weighted by Gasteiger charge is -2.10. The standard InChI is InChI=1S/C12H11F3N4/c13-12(14,15)7-17-10-6-9(16)18-11(19-10)8-4-2-1-3-5-8/h1-6H,7H2,(H3,16,17,18,19). The summed E-state index contributed by atoms with van der Waals surface area (Å²) in [4.78, 5) is 8.00. The summed E-state index contributed by atoms with van der Waals surface area (Å²) in [5.41, 5.74) is 6.25. The van der Waals surface area contributed by atoms with Crippen molar-refractivity contribution in [3.63, 3.8) is 0 Å². The summed E-state index contributed by atoms with van der Waals surface area (Å²) in [6.07, 6.45) is -4.31. The van der Waals surface area contributed by atoms with Gasteiger partial charge < -0.3 is 11.1 Å². The predicted octanol–water partition coefficient (Wildman–Crippen LogP) is 2.70. The number of halogens is 3. The van der Waals surface area contributed by atoms with Crippen molar-refractivity contribution in [2.75, 3.05) is 17.6 Å². The number of hydrogen-bond acceptors (Lipinski definition) is 4. The van der Waals surface area contributed by atoms with E-state index >= 15 is 0 Å². The second-order valence-corrected chi connectivity index (χ2v) is 3.84. The number of hydrogen-bond donors (Lipinski definition) is 2. The molecule has 1 heterocycles. The van der Waals surface area contributed by atoms with Crippen LogP contribution >= 0.6 is 0 Å². The van der Waals surface area contributed by atoms with Crippen LogP contribution in [-0.2, 0) is 0 Å². The van der Waals surface area contributed by atoms with Gasteiger partial charge in [-0.2, -0.15) is 13.2 Å². The number of nitrogen functional groups attached to an aromatic ring is 1. The van der Waals surface area contributed by atoms with Gasteiger partial charge in [0.15, 0.2) is 5.82 Å². The van der Waals surface area contributed by atoms with E-state index < -0.39 is 12.7 Å². The van der Waals surface area contributed by atoms with Gasteiger partial charge in [-0.1, -0.05) is 30.3 Å². The second kappa shape index (κ2) is 5.13. The van der Waals surface area contributed by atoms with E-state index in [2.05, 4.69) is 15.3 Å². The SMILES string of the molecule is Nc1cc(NCC(F)(F)F)nc(-c2ccccc2)n1. The fourth-order valence-corrected chi connectivity index (χ4v) is 1.46. The maximum Gasteiger partial charge on any atom is 0.405 e. The van der Waals surface area contributed by atoms with Crippen LogP contribution < -0.4 is 11.1 Å². The van der Waals surface area contributed by atoms with Crippen molar-refractivity contribution >= 4 is 11.6 Å². The molecular weight excluding hydrogens is 257 g/mol. The minimum absolute atomic E-state index is 0.0451. The second-order valence-electron chi connectivity index (χ2n) is 3.84. The molecule has 0 aliphatic rings. The van der Waals surface area contributed by atoms with Crippen molar-refractivity contribution in [1.29, 1.82) is 0 Å². The fourth-order valence-electron chi connectivity index (χ4n) is 1.46. The number of aromatic nitrogens is 2. The van der Waals surface area contributed by atoms with Crippen molar-refractivity contribution in [2.24, 2.45) is 0 Å².